The topological polar surface area (TPSA) is 71.1 Å². The second-order valence-electron chi connectivity index (χ2n) is 5.22. The number of amides is 2. The van der Waals surface area contributed by atoms with E-state index in [0.717, 1.165) is 16.8 Å². The molecule has 2 rings (SSSR count). The highest BCUT2D eigenvalue weighted by molar-refractivity contribution is 6.04. The van der Waals surface area contributed by atoms with Crippen LogP contribution >= 0.6 is 0 Å². The van der Waals surface area contributed by atoms with Gasteiger partial charge in [0.1, 0.15) is 0 Å². The van der Waals surface area contributed by atoms with E-state index in [1.54, 1.807) is 18.3 Å². The van der Waals surface area contributed by atoms with Crippen LogP contribution in [0.2, 0.25) is 0 Å². The van der Waals surface area contributed by atoms with Crippen LogP contribution in [0.15, 0.2) is 36.5 Å². The molecule has 0 unspecified atom stereocenters. The fourth-order valence-electron chi connectivity index (χ4n) is 2.00. The summed E-state index contributed by atoms with van der Waals surface area (Å²) >= 11 is 0. The number of pyridine rings is 1. The summed E-state index contributed by atoms with van der Waals surface area (Å²) in [6, 6.07) is 9.24. The van der Waals surface area contributed by atoms with Crippen molar-refractivity contribution in [2.45, 2.75) is 27.3 Å². The summed E-state index contributed by atoms with van der Waals surface area (Å²) in [4.78, 5) is 27.4. The molecule has 0 atom stereocenters. The largest absolute Gasteiger partial charge is 0.351 e. The van der Waals surface area contributed by atoms with Crippen LogP contribution < -0.4 is 10.6 Å². The number of rotatable bonds is 4. The van der Waals surface area contributed by atoms with Crippen molar-refractivity contribution in [3.63, 3.8) is 0 Å². The number of nitrogens with one attached hydrogen (secondary N) is 2. The smallest absolute Gasteiger partial charge is 0.255 e. The molecule has 2 amide bonds. The number of aryl methyl sites for hydroxylation is 2. The van der Waals surface area contributed by atoms with E-state index in [1.165, 1.54) is 6.92 Å². The molecule has 1 aromatic heterocycles. The summed E-state index contributed by atoms with van der Waals surface area (Å²) in [6.07, 6.45) is 1.56. The van der Waals surface area contributed by atoms with Gasteiger partial charge in [0.2, 0.25) is 5.91 Å². The lowest BCUT2D eigenvalue weighted by Crippen LogP contribution is -2.20. The van der Waals surface area contributed by atoms with Gasteiger partial charge < -0.3 is 10.6 Å². The Hall–Kier alpha value is -2.69. The third kappa shape index (κ3) is 4.15. The van der Waals surface area contributed by atoms with Crippen LogP contribution in [0.25, 0.3) is 0 Å². The van der Waals surface area contributed by atoms with Crippen LogP contribution in [0, 0.1) is 13.8 Å². The second-order valence-corrected chi connectivity index (χ2v) is 5.22. The highest BCUT2D eigenvalue weighted by atomic mass is 16.2. The number of aromatic nitrogens is 1. The van der Waals surface area contributed by atoms with Crippen molar-refractivity contribution in [3.8, 4) is 0 Å². The summed E-state index contributed by atoms with van der Waals surface area (Å²) in [5.41, 5.74) is 4.04. The molecule has 0 saturated heterocycles. The monoisotopic (exact) mass is 297 g/mol. The summed E-state index contributed by atoms with van der Waals surface area (Å²) < 4.78 is 0. The van der Waals surface area contributed by atoms with Crippen molar-refractivity contribution in [2.75, 3.05) is 5.32 Å². The Morgan fingerprint density at radius 2 is 1.91 bits per heavy atom. The number of anilines is 1. The Kier molecular flexibility index (Phi) is 4.88. The fraction of sp³-hybridized carbons (Fsp3) is 0.235. The Balaban J connectivity index is 2.14. The highest BCUT2D eigenvalue weighted by Crippen LogP contribution is 2.17. The van der Waals surface area contributed by atoms with E-state index in [-0.39, 0.29) is 11.8 Å². The molecule has 0 aliphatic heterocycles. The van der Waals surface area contributed by atoms with Gasteiger partial charge in [-0.1, -0.05) is 12.1 Å². The quantitative estimate of drug-likeness (QED) is 0.911. The van der Waals surface area contributed by atoms with Gasteiger partial charge in [0.25, 0.3) is 5.91 Å². The van der Waals surface area contributed by atoms with Crippen molar-refractivity contribution >= 4 is 17.5 Å². The summed E-state index contributed by atoms with van der Waals surface area (Å²) in [7, 11) is 0. The van der Waals surface area contributed by atoms with E-state index < -0.39 is 0 Å². The lowest BCUT2D eigenvalue weighted by atomic mass is 10.1. The molecule has 22 heavy (non-hydrogen) atoms. The Labute approximate surface area is 129 Å². The molecular formula is C17H19N3O2. The van der Waals surface area contributed by atoms with Gasteiger partial charge in [-0.05, 0) is 43.2 Å². The minimum Gasteiger partial charge on any atom is -0.351 e. The van der Waals surface area contributed by atoms with Gasteiger partial charge in [-0.2, -0.15) is 0 Å². The average Bonchev–Trinajstić information content (AvgIpc) is 2.49. The molecule has 2 N–H and O–H groups in total. The molecule has 0 bridgehead atoms. The van der Waals surface area contributed by atoms with E-state index in [4.69, 9.17) is 0 Å². The van der Waals surface area contributed by atoms with Gasteiger partial charge in [-0.3, -0.25) is 14.6 Å². The zero-order chi connectivity index (χ0) is 16.1. The molecule has 5 nitrogen and oxygen atoms in total. The van der Waals surface area contributed by atoms with Crippen molar-refractivity contribution in [2.24, 2.45) is 0 Å². The van der Waals surface area contributed by atoms with Crippen molar-refractivity contribution in [3.05, 3.63) is 58.9 Å². The van der Waals surface area contributed by atoms with E-state index in [2.05, 4.69) is 15.6 Å². The predicted octanol–water partition coefficient (Wildman–Crippen LogP) is 2.59. The first kappa shape index (κ1) is 15.7. The molecule has 0 radical (unpaired) electrons. The van der Waals surface area contributed by atoms with Gasteiger partial charge in [0.05, 0.1) is 12.2 Å². The zero-order valence-corrected chi connectivity index (χ0v) is 12.9. The molecule has 1 aromatic carbocycles. The Morgan fingerprint density at radius 1 is 1.14 bits per heavy atom. The summed E-state index contributed by atoms with van der Waals surface area (Å²) in [5, 5.41) is 5.57. The maximum Gasteiger partial charge on any atom is 0.255 e. The van der Waals surface area contributed by atoms with Crippen LogP contribution in [0.3, 0.4) is 0 Å². The number of hydrogen-bond donors (Lipinski definition) is 2. The zero-order valence-electron chi connectivity index (χ0n) is 12.9. The molecule has 5 heteroatoms. The van der Waals surface area contributed by atoms with Crippen LogP contribution in [0.5, 0.6) is 0 Å². The van der Waals surface area contributed by atoms with Gasteiger partial charge in [0.15, 0.2) is 0 Å². The number of hydrogen-bond acceptors (Lipinski definition) is 3. The third-order valence-corrected chi connectivity index (χ3v) is 3.24. The van der Waals surface area contributed by atoms with Crippen LogP contribution in [-0.4, -0.2) is 16.8 Å². The summed E-state index contributed by atoms with van der Waals surface area (Å²) in [6.45, 7) is 5.67. The first-order valence-electron chi connectivity index (χ1n) is 7.03. The van der Waals surface area contributed by atoms with Gasteiger partial charge >= 0.3 is 0 Å². The standard InChI is InChI=1S/C17H19N3O2/c1-11-4-5-12(2)16(8-11)20-17(22)14-6-7-18-15(9-14)10-19-13(3)21/h4-9H,10H2,1-3H3,(H,19,21)(H,20,22). The fourth-order valence-corrected chi connectivity index (χ4v) is 2.00. The number of benzene rings is 1. The molecule has 1 heterocycles. The van der Waals surface area contributed by atoms with Gasteiger partial charge in [-0.15, -0.1) is 0 Å². The van der Waals surface area contributed by atoms with Crippen LogP contribution in [0.4, 0.5) is 5.69 Å². The molecule has 0 saturated carbocycles. The van der Waals surface area contributed by atoms with Gasteiger partial charge in [-0.25, -0.2) is 0 Å². The van der Waals surface area contributed by atoms with E-state index in [1.807, 2.05) is 32.0 Å². The third-order valence-electron chi connectivity index (χ3n) is 3.24. The molecule has 114 valence electrons. The highest BCUT2D eigenvalue weighted by Gasteiger charge is 2.09. The summed E-state index contributed by atoms with van der Waals surface area (Å²) in [5.74, 6) is -0.327. The first-order chi connectivity index (χ1) is 10.5. The van der Waals surface area contributed by atoms with Crippen LogP contribution in [-0.2, 0) is 11.3 Å². The number of nitrogens with zero attached hydrogens (tertiary/aromatic N) is 1. The molecule has 2 aromatic rings. The van der Waals surface area contributed by atoms with E-state index >= 15 is 0 Å². The van der Waals surface area contributed by atoms with E-state index in [9.17, 15) is 9.59 Å². The lowest BCUT2D eigenvalue weighted by Gasteiger charge is -2.10. The maximum atomic E-state index is 12.3. The molecule has 0 spiro atoms. The Bertz CT molecular complexity index is 711. The van der Waals surface area contributed by atoms with Crippen molar-refractivity contribution < 1.29 is 9.59 Å². The second kappa shape index (κ2) is 6.85. The SMILES string of the molecule is CC(=O)NCc1cc(C(=O)Nc2cc(C)ccc2C)ccn1. The molecule has 0 aliphatic rings. The normalized spacial score (nSPS) is 10.1. The predicted molar refractivity (Wildman–Crippen MR) is 85.6 cm³/mol. The first-order valence-corrected chi connectivity index (χ1v) is 7.03. The van der Waals surface area contributed by atoms with Crippen LogP contribution in [0.1, 0.15) is 34.1 Å². The lowest BCUT2D eigenvalue weighted by molar-refractivity contribution is -0.119. The molecule has 0 aliphatic carbocycles. The molecule has 0 fully saturated rings. The average molecular weight is 297 g/mol. The van der Waals surface area contributed by atoms with Gasteiger partial charge in [0, 0.05) is 24.4 Å². The van der Waals surface area contributed by atoms with Crippen molar-refractivity contribution in [1.29, 1.82) is 0 Å². The number of carbonyl (C=O) groups is 2. The van der Waals surface area contributed by atoms with E-state index in [0.29, 0.717) is 17.8 Å². The minimum absolute atomic E-state index is 0.132. The maximum absolute atomic E-state index is 12.3. The number of carbonyl (C=O) groups excluding carboxylic acids is 2. The van der Waals surface area contributed by atoms with Crippen molar-refractivity contribution in [1.82, 2.24) is 10.3 Å². The molecular weight excluding hydrogens is 278 g/mol. The Morgan fingerprint density at radius 3 is 2.64 bits per heavy atom. The minimum atomic E-state index is -0.194.